The molecule has 0 saturated carbocycles. The molecule has 0 spiro atoms. The smallest absolute Gasteiger partial charge is 0.160 e. The first kappa shape index (κ1) is 26.8. The standard InChI is InChI=1S/C53H34N2S/c1-3-13-34(14-4-1)36-17-11-19-40(29-36)53-54-41(33-49(55-53)35-15-5-2-6-16-35)30-39-18-12-24-51-52(39)48-32-38(26-28-50(48)56-51)37-25-27-46-44-22-8-7-20-42(44)43-21-9-10-23-45(43)47(46)31-37/h1-29,31-33H,30H2/i12D,18D,24D,26D,28D,32D. The molecule has 0 unspecified atom stereocenters. The van der Waals surface area contributed by atoms with Gasteiger partial charge in [0, 0.05) is 43.4 Å². The summed E-state index contributed by atoms with van der Waals surface area (Å²) in [5, 5.41) is 7.37. The third-order valence-electron chi connectivity index (χ3n) is 10.6. The van der Waals surface area contributed by atoms with E-state index >= 15 is 0 Å². The number of benzene rings is 9. The second-order valence-electron chi connectivity index (χ2n) is 14.0. The van der Waals surface area contributed by atoms with Gasteiger partial charge in [-0.25, -0.2) is 9.97 Å². The van der Waals surface area contributed by atoms with Crippen LogP contribution in [-0.2, 0) is 6.42 Å². The van der Waals surface area contributed by atoms with Crippen LogP contribution in [0, 0.1) is 0 Å². The molecule has 11 rings (SSSR count). The lowest BCUT2D eigenvalue weighted by Gasteiger charge is -2.12. The van der Waals surface area contributed by atoms with Gasteiger partial charge in [-0.2, -0.15) is 0 Å². The summed E-state index contributed by atoms with van der Waals surface area (Å²) < 4.78 is 56.8. The number of hydrogen-bond donors (Lipinski definition) is 0. The van der Waals surface area contributed by atoms with Gasteiger partial charge in [0.15, 0.2) is 5.82 Å². The van der Waals surface area contributed by atoms with Crippen LogP contribution in [0.3, 0.4) is 0 Å². The van der Waals surface area contributed by atoms with Crippen molar-refractivity contribution in [2.24, 2.45) is 0 Å². The van der Waals surface area contributed by atoms with Gasteiger partial charge in [-0.15, -0.1) is 11.3 Å². The van der Waals surface area contributed by atoms with E-state index < -0.39 is 0 Å². The maximum Gasteiger partial charge on any atom is 0.160 e. The summed E-state index contributed by atoms with van der Waals surface area (Å²) in [6.45, 7) is 0. The van der Waals surface area contributed by atoms with Gasteiger partial charge in [0.25, 0.3) is 0 Å². The van der Waals surface area contributed by atoms with Gasteiger partial charge in [-0.05, 0) is 96.5 Å². The van der Waals surface area contributed by atoms with Gasteiger partial charge in [-0.1, -0.05) is 158 Å². The third-order valence-corrected chi connectivity index (χ3v) is 11.6. The summed E-state index contributed by atoms with van der Waals surface area (Å²) in [5.41, 5.74) is 6.51. The topological polar surface area (TPSA) is 25.8 Å². The van der Waals surface area contributed by atoms with Crippen LogP contribution in [0.1, 0.15) is 19.5 Å². The molecule has 2 nitrogen and oxygen atoms in total. The summed E-state index contributed by atoms with van der Waals surface area (Å²) >= 11 is 1.15. The van der Waals surface area contributed by atoms with Crippen LogP contribution < -0.4 is 0 Å². The largest absolute Gasteiger partial charge is 0.233 e. The van der Waals surface area contributed by atoms with E-state index in [1.807, 2.05) is 109 Å². The molecule has 0 atom stereocenters. The molecule has 0 radical (unpaired) electrons. The van der Waals surface area contributed by atoms with Gasteiger partial charge >= 0.3 is 0 Å². The van der Waals surface area contributed by atoms with E-state index in [1.54, 1.807) is 0 Å². The summed E-state index contributed by atoms with van der Waals surface area (Å²) in [4.78, 5) is 10.2. The van der Waals surface area contributed by atoms with Crippen LogP contribution in [0.15, 0.2) is 194 Å². The lowest BCUT2D eigenvalue weighted by atomic mass is 9.91. The molecular weight excluding hydrogens is 697 g/mol. The van der Waals surface area contributed by atoms with Gasteiger partial charge in [-0.3, -0.25) is 0 Å². The third kappa shape index (κ3) is 5.64. The number of fused-ring (bicyclic) bond motifs is 9. The minimum Gasteiger partial charge on any atom is -0.233 e. The molecule has 0 aliphatic heterocycles. The van der Waals surface area contributed by atoms with E-state index in [0.717, 1.165) is 65.9 Å². The average Bonchev–Trinajstić information content (AvgIpc) is 3.73. The predicted octanol–water partition coefficient (Wildman–Crippen LogP) is 14.6. The molecule has 9 aromatic carbocycles. The molecule has 0 N–H and O–H groups in total. The number of nitrogens with zero attached hydrogens (tertiary/aromatic N) is 2. The second kappa shape index (κ2) is 13.4. The van der Waals surface area contributed by atoms with Crippen molar-refractivity contribution in [3.05, 3.63) is 205 Å². The maximum absolute atomic E-state index is 9.88. The fourth-order valence-electron chi connectivity index (χ4n) is 7.98. The zero-order valence-corrected chi connectivity index (χ0v) is 30.8. The highest BCUT2D eigenvalue weighted by Crippen LogP contribution is 2.41. The molecule has 0 fully saturated rings. The van der Waals surface area contributed by atoms with Crippen LogP contribution in [0.4, 0.5) is 0 Å². The van der Waals surface area contributed by atoms with Crippen LogP contribution >= 0.6 is 11.3 Å². The first-order valence-corrected chi connectivity index (χ1v) is 19.4. The van der Waals surface area contributed by atoms with E-state index in [1.165, 1.54) is 0 Å². The molecule has 0 amide bonds. The van der Waals surface area contributed by atoms with Crippen LogP contribution in [0.25, 0.3) is 97.4 Å². The van der Waals surface area contributed by atoms with Crippen molar-refractivity contribution < 1.29 is 8.22 Å². The molecular formula is C53H34N2S. The lowest BCUT2D eigenvalue weighted by Crippen LogP contribution is -2.00. The van der Waals surface area contributed by atoms with Gasteiger partial charge in [0.2, 0.25) is 0 Å². The quantitative estimate of drug-likeness (QED) is 0.159. The number of hydrogen-bond acceptors (Lipinski definition) is 3. The van der Waals surface area contributed by atoms with Gasteiger partial charge in [0.05, 0.1) is 13.9 Å². The van der Waals surface area contributed by atoms with Crippen LogP contribution in [0.2, 0.25) is 0 Å². The Kier molecular flexibility index (Phi) is 6.42. The lowest BCUT2D eigenvalue weighted by molar-refractivity contribution is 1.04. The predicted molar refractivity (Wildman–Crippen MR) is 238 cm³/mol. The second-order valence-corrected chi connectivity index (χ2v) is 15.0. The molecule has 262 valence electrons. The summed E-state index contributed by atoms with van der Waals surface area (Å²) in [7, 11) is 0. The molecule has 11 aromatic rings. The van der Waals surface area contributed by atoms with Crippen molar-refractivity contribution in [3.8, 4) is 44.9 Å². The highest BCUT2D eigenvalue weighted by atomic mass is 32.1. The van der Waals surface area contributed by atoms with Gasteiger partial charge in [0.1, 0.15) is 0 Å². The van der Waals surface area contributed by atoms with Crippen molar-refractivity contribution in [3.63, 3.8) is 0 Å². The highest BCUT2D eigenvalue weighted by molar-refractivity contribution is 7.25. The van der Waals surface area contributed by atoms with E-state index in [2.05, 4.69) is 48.5 Å². The molecule has 0 aliphatic carbocycles. The summed E-state index contributed by atoms with van der Waals surface area (Å²) in [5.74, 6) is 0.507. The van der Waals surface area contributed by atoms with Crippen molar-refractivity contribution in [1.29, 1.82) is 0 Å². The first-order valence-electron chi connectivity index (χ1n) is 21.6. The molecule has 3 heteroatoms. The van der Waals surface area contributed by atoms with Crippen LogP contribution in [0.5, 0.6) is 0 Å². The Hall–Kier alpha value is -6.94. The molecule has 2 heterocycles. The Morgan fingerprint density at radius 1 is 0.429 bits per heavy atom. The minimum atomic E-state index is -0.231. The van der Waals surface area contributed by atoms with E-state index in [4.69, 9.17) is 12.7 Å². The maximum atomic E-state index is 9.88. The molecule has 56 heavy (non-hydrogen) atoms. The Morgan fingerprint density at radius 3 is 1.80 bits per heavy atom. The average molecular weight is 737 g/mol. The van der Waals surface area contributed by atoms with Crippen LogP contribution in [-0.4, -0.2) is 9.97 Å². The number of rotatable bonds is 6. The molecule has 0 bridgehead atoms. The Labute approximate surface area is 337 Å². The van der Waals surface area contributed by atoms with Crippen molar-refractivity contribution in [2.45, 2.75) is 6.42 Å². The molecule has 2 aromatic heterocycles. The Morgan fingerprint density at radius 2 is 1.05 bits per heavy atom. The fraction of sp³-hybridized carbons (Fsp3) is 0.0189. The minimum absolute atomic E-state index is 0.0481. The molecule has 0 saturated heterocycles. The van der Waals surface area contributed by atoms with E-state index in [-0.39, 0.29) is 42.7 Å². The Bertz CT molecular complexity index is 3590. The fourth-order valence-corrected chi connectivity index (χ4v) is 8.97. The SMILES string of the molecule is [2H]c1c(-c2ccc3c4ccccc4c4ccccc4c3c2)c([2H])c2c(sc3c([2H])c([2H])c([2H])c(Cc4cc(-c5ccccc5)nc(-c5cccc(-c6ccccc6)c5)n4)c32)c1[2H]. The van der Waals surface area contributed by atoms with Crippen molar-refractivity contribution in [2.75, 3.05) is 0 Å². The first-order chi connectivity index (χ1) is 30.2. The number of thiophene rings is 1. The van der Waals surface area contributed by atoms with Crippen molar-refractivity contribution in [1.82, 2.24) is 9.97 Å². The van der Waals surface area contributed by atoms with Gasteiger partial charge < -0.3 is 0 Å². The highest BCUT2D eigenvalue weighted by Gasteiger charge is 2.16. The summed E-state index contributed by atoms with van der Waals surface area (Å²) in [6.07, 6.45) is 0.112. The normalized spacial score (nSPS) is 13.1. The summed E-state index contributed by atoms with van der Waals surface area (Å²) in [6, 6.07) is 52.1. The van der Waals surface area contributed by atoms with E-state index in [0.29, 0.717) is 54.1 Å². The van der Waals surface area contributed by atoms with E-state index in [9.17, 15) is 5.48 Å². The molecule has 0 aliphatic rings. The number of aromatic nitrogens is 2. The zero-order valence-electron chi connectivity index (χ0n) is 36.0. The monoisotopic (exact) mass is 736 g/mol. The zero-order chi connectivity index (χ0) is 42.2. The Balaban J connectivity index is 1.13. The van der Waals surface area contributed by atoms with Crippen molar-refractivity contribution >= 4 is 63.8 Å².